The van der Waals surface area contributed by atoms with Crippen molar-refractivity contribution in [2.75, 3.05) is 49.5 Å². The third kappa shape index (κ3) is 4.39. The van der Waals surface area contributed by atoms with Crippen molar-refractivity contribution < 1.29 is 0 Å². The fourth-order valence-electron chi connectivity index (χ4n) is 2.79. The molecule has 122 valence electrons. The van der Waals surface area contributed by atoms with Crippen molar-refractivity contribution >= 4 is 11.8 Å². The topological polar surface area (TPSA) is 57.2 Å². The monoisotopic (exact) mass is 312 g/mol. The first-order valence-corrected chi connectivity index (χ1v) is 8.28. The first-order chi connectivity index (χ1) is 11.3. The third-order valence-corrected chi connectivity index (χ3v) is 4.10. The zero-order valence-corrected chi connectivity index (χ0v) is 13.6. The van der Waals surface area contributed by atoms with Gasteiger partial charge in [0.2, 0.25) is 5.95 Å². The van der Waals surface area contributed by atoms with Gasteiger partial charge < -0.3 is 10.2 Å². The van der Waals surface area contributed by atoms with E-state index in [9.17, 15) is 0 Å². The van der Waals surface area contributed by atoms with Crippen LogP contribution in [0.2, 0.25) is 0 Å². The van der Waals surface area contributed by atoms with Crippen molar-refractivity contribution in [1.82, 2.24) is 19.9 Å². The molecule has 2 aromatic rings. The Morgan fingerprint density at radius 2 is 2.00 bits per heavy atom. The number of aromatic nitrogens is 3. The molecule has 0 spiro atoms. The molecule has 1 aliphatic heterocycles. The molecule has 23 heavy (non-hydrogen) atoms. The average Bonchev–Trinajstić information content (AvgIpc) is 2.62. The van der Waals surface area contributed by atoms with Crippen molar-refractivity contribution in [2.45, 2.75) is 13.3 Å². The lowest BCUT2D eigenvalue weighted by Crippen LogP contribution is -2.47. The number of hydrogen-bond acceptors (Lipinski definition) is 6. The highest BCUT2D eigenvalue weighted by molar-refractivity contribution is 5.41. The highest BCUT2D eigenvalue weighted by Crippen LogP contribution is 2.13. The molecule has 0 bridgehead atoms. The third-order valence-electron chi connectivity index (χ3n) is 4.10. The molecule has 6 heteroatoms. The highest BCUT2D eigenvalue weighted by atomic mass is 15.3. The molecule has 1 N–H and O–H groups in total. The van der Waals surface area contributed by atoms with Gasteiger partial charge in [-0.05, 0) is 31.0 Å². The maximum atomic E-state index is 4.58. The molecule has 0 amide bonds. The predicted octanol–water partition coefficient (Wildman–Crippen LogP) is 1.67. The molecular weight excluding hydrogens is 288 g/mol. The summed E-state index contributed by atoms with van der Waals surface area (Å²) in [6.45, 7) is 8.08. The zero-order chi connectivity index (χ0) is 15.9. The number of hydrogen-bond donors (Lipinski definition) is 1. The summed E-state index contributed by atoms with van der Waals surface area (Å²) in [4.78, 5) is 17.9. The SMILES string of the molecule is CCNc1ccnc(N2CCN(CCc3cccnc3)CC2)n1. The summed E-state index contributed by atoms with van der Waals surface area (Å²) < 4.78 is 0. The van der Waals surface area contributed by atoms with Gasteiger partial charge >= 0.3 is 0 Å². The van der Waals surface area contributed by atoms with Gasteiger partial charge in [-0.3, -0.25) is 9.88 Å². The minimum atomic E-state index is 0.829. The summed E-state index contributed by atoms with van der Waals surface area (Å²) in [6, 6.07) is 6.06. The van der Waals surface area contributed by atoms with Crippen LogP contribution in [0, 0.1) is 0 Å². The summed E-state index contributed by atoms with van der Waals surface area (Å²) in [7, 11) is 0. The van der Waals surface area contributed by atoms with E-state index in [-0.39, 0.29) is 0 Å². The van der Waals surface area contributed by atoms with Crippen LogP contribution >= 0.6 is 0 Å². The smallest absolute Gasteiger partial charge is 0.227 e. The van der Waals surface area contributed by atoms with Crippen LogP contribution in [0.1, 0.15) is 12.5 Å². The second-order valence-corrected chi connectivity index (χ2v) is 5.71. The minimum absolute atomic E-state index is 0.829. The molecule has 2 aromatic heterocycles. The van der Waals surface area contributed by atoms with Gasteiger partial charge in [0.1, 0.15) is 5.82 Å². The van der Waals surface area contributed by atoms with Crippen molar-refractivity contribution in [2.24, 2.45) is 0 Å². The van der Waals surface area contributed by atoms with E-state index in [1.54, 1.807) is 0 Å². The Labute approximate surface area is 137 Å². The average molecular weight is 312 g/mol. The standard InChI is InChI=1S/C17H24N6/c1-2-19-16-5-8-20-17(21-16)23-12-10-22(11-13-23)9-6-15-4-3-7-18-14-15/h3-5,7-8,14H,2,6,9-13H2,1H3,(H,19,20,21). The fourth-order valence-corrected chi connectivity index (χ4v) is 2.79. The summed E-state index contributed by atoms with van der Waals surface area (Å²) in [5.41, 5.74) is 1.30. The van der Waals surface area contributed by atoms with Crippen molar-refractivity contribution in [3.63, 3.8) is 0 Å². The van der Waals surface area contributed by atoms with E-state index in [1.165, 1.54) is 5.56 Å². The molecule has 1 saturated heterocycles. The Kier molecular flexibility index (Phi) is 5.37. The summed E-state index contributed by atoms with van der Waals surface area (Å²) in [6.07, 6.45) is 6.66. The van der Waals surface area contributed by atoms with E-state index < -0.39 is 0 Å². The van der Waals surface area contributed by atoms with E-state index in [2.05, 4.69) is 43.1 Å². The fraction of sp³-hybridized carbons (Fsp3) is 0.471. The molecule has 0 radical (unpaired) electrons. The minimum Gasteiger partial charge on any atom is -0.370 e. The lowest BCUT2D eigenvalue weighted by atomic mass is 10.2. The lowest BCUT2D eigenvalue weighted by Gasteiger charge is -2.34. The largest absolute Gasteiger partial charge is 0.370 e. The molecule has 0 atom stereocenters. The van der Waals surface area contributed by atoms with Gasteiger partial charge in [-0.2, -0.15) is 4.98 Å². The molecule has 3 heterocycles. The summed E-state index contributed by atoms with van der Waals surface area (Å²) in [5, 5.41) is 3.24. The van der Waals surface area contributed by atoms with E-state index >= 15 is 0 Å². The van der Waals surface area contributed by atoms with E-state index in [0.29, 0.717) is 0 Å². The molecule has 1 aliphatic rings. The maximum Gasteiger partial charge on any atom is 0.227 e. The van der Waals surface area contributed by atoms with Gasteiger partial charge in [-0.15, -0.1) is 0 Å². The van der Waals surface area contributed by atoms with Gasteiger partial charge in [0.05, 0.1) is 0 Å². The number of pyridine rings is 1. The second kappa shape index (κ2) is 7.87. The molecular formula is C17H24N6. The highest BCUT2D eigenvalue weighted by Gasteiger charge is 2.18. The van der Waals surface area contributed by atoms with Crippen molar-refractivity contribution in [3.05, 3.63) is 42.4 Å². The van der Waals surface area contributed by atoms with Crippen LogP contribution in [-0.4, -0.2) is 59.1 Å². The van der Waals surface area contributed by atoms with Crippen LogP contribution in [0.5, 0.6) is 0 Å². The summed E-state index contributed by atoms with van der Waals surface area (Å²) >= 11 is 0. The molecule has 0 saturated carbocycles. The first kappa shape index (κ1) is 15.7. The molecule has 3 rings (SSSR count). The Morgan fingerprint density at radius 1 is 1.13 bits per heavy atom. The quantitative estimate of drug-likeness (QED) is 0.875. The van der Waals surface area contributed by atoms with Gasteiger partial charge in [-0.25, -0.2) is 4.98 Å². The molecule has 6 nitrogen and oxygen atoms in total. The Balaban J connectivity index is 1.49. The Bertz CT molecular complexity index is 595. The van der Waals surface area contributed by atoms with Gasteiger partial charge in [0.25, 0.3) is 0 Å². The van der Waals surface area contributed by atoms with Crippen molar-refractivity contribution in [3.8, 4) is 0 Å². The van der Waals surface area contributed by atoms with Crippen molar-refractivity contribution in [1.29, 1.82) is 0 Å². The number of nitrogens with zero attached hydrogens (tertiary/aromatic N) is 5. The van der Waals surface area contributed by atoms with Crippen LogP contribution in [-0.2, 0) is 6.42 Å². The van der Waals surface area contributed by atoms with Crippen LogP contribution in [0.3, 0.4) is 0 Å². The number of piperazine rings is 1. The molecule has 0 aliphatic carbocycles. The van der Waals surface area contributed by atoms with Gasteiger partial charge in [0, 0.05) is 57.9 Å². The summed E-state index contributed by atoms with van der Waals surface area (Å²) in [5.74, 6) is 1.73. The maximum absolute atomic E-state index is 4.58. The first-order valence-electron chi connectivity index (χ1n) is 8.28. The van der Waals surface area contributed by atoms with E-state index in [0.717, 1.165) is 57.5 Å². The van der Waals surface area contributed by atoms with Crippen LogP contribution in [0.4, 0.5) is 11.8 Å². The molecule has 1 fully saturated rings. The van der Waals surface area contributed by atoms with Crippen LogP contribution in [0.15, 0.2) is 36.8 Å². The van der Waals surface area contributed by atoms with Gasteiger partial charge in [0.15, 0.2) is 0 Å². The van der Waals surface area contributed by atoms with E-state index in [4.69, 9.17) is 0 Å². The lowest BCUT2D eigenvalue weighted by molar-refractivity contribution is 0.259. The number of rotatable bonds is 6. The predicted molar refractivity (Wildman–Crippen MR) is 92.8 cm³/mol. The zero-order valence-electron chi connectivity index (χ0n) is 13.6. The van der Waals surface area contributed by atoms with Crippen LogP contribution < -0.4 is 10.2 Å². The molecule has 0 unspecified atom stereocenters. The Hall–Kier alpha value is -2.21. The molecule has 0 aromatic carbocycles. The van der Waals surface area contributed by atoms with Crippen LogP contribution in [0.25, 0.3) is 0 Å². The van der Waals surface area contributed by atoms with E-state index in [1.807, 2.05) is 30.7 Å². The van der Waals surface area contributed by atoms with Gasteiger partial charge in [-0.1, -0.05) is 6.07 Å². The normalized spacial score (nSPS) is 15.6. The Morgan fingerprint density at radius 3 is 2.74 bits per heavy atom. The second-order valence-electron chi connectivity index (χ2n) is 5.71. The number of nitrogens with one attached hydrogen (secondary N) is 1. The number of anilines is 2.